The van der Waals surface area contributed by atoms with Gasteiger partial charge in [0.1, 0.15) is 0 Å². The molecule has 2 saturated heterocycles. The summed E-state index contributed by atoms with van der Waals surface area (Å²) in [7, 11) is 0.487. The van der Waals surface area contributed by atoms with Crippen LogP contribution in [0, 0.1) is 5.92 Å². The zero-order valence-electron chi connectivity index (χ0n) is 12.6. The number of carbonyl (C=O) groups is 2. The normalized spacial score (nSPS) is 25.0. The second kappa shape index (κ2) is 6.21. The van der Waals surface area contributed by atoms with E-state index in [0.717, 1.165) is 0 Å². The fraction of sp³-hybridized carbons (Fsp3) is 0.846. The lowest BCUT2D eigenvalue weighted by molar-refractivity contribution is -0.133. The Bertz CT molecular complexity index is 510. The van der Waals surface area contributed by atoms with Crippen molar-refractivity contribution in [2.75, 3.05) is 51.8 Å². The lowest BCUT2D eigenvalue weighted by Crippen LogP contribution is -2.53. The number of sulfone groups is 1. The van der Waals surface area contributed by atoms with Gasteiger partial charge in [0.2, 0.25) is 5.91 Å². The Hall–Kier alpha value is -1.31. The highest BCUT2D eigenvalue weighted by molar-refractivity contribution is 7.91. The SMILES string of the molecule is CN(C)C(=O)N1CCN(C(=O)CC2CCS(=O)(=O)C2)CC1. The molecule has 120 valence electrons. The molecule has 2 aliphatic heterocycles. The van der Waals surface area contributed by atoms with Crippen molar-refractivity contribution < 1.29 is 18.0 Å². The number of carbonyl (C=O) groups excluding carboxylic acids is 2. The molecule has 0 bridgehead atoms. The second-order valence-electron chi connectivity index (χ2n) is 6.02. The highest BCUT2D eigenvalue weighted by Gasteiger charge is 2.32. The quantitative estimate of drug-likeness (QED) is 0.697. The lowest BCUT2D eigenvalue weighted by Gasteiger charge is -2.36. The van der Waals surface area contributed by atoms with E-state index in [1.54, 1.807) is 23.9 Å². The molecule has 2 fully saturated rings. The molecule has 2 heterocycles. The van der Waals surface area contributed by atoms with Crippen LogP contribution in [0.5, 0.6) is 0 Å². The molecule has 0 aromatic carbocycles. The van der Waals surface area contributed by atoms with E-state index < -0.39 is 9.84 Å². The summed E-state index contributed by atoms with van der Waals surface area (Å²) < 4.78 is 22.8. The van der Waals surface area contributed by atoms with E-state index in [2.05, 4.69) is 0 Å². The number of urea groups is 1. The van der Waals surface area contributed by atoms with E-state index in [4.69, 9.17) is 0 Å². The molecule has 3 amide bonds. The van der Waals surface area contributed by atoms with Crippen LogP contribution in [-0.2, 0) is 14.6 Å². The summed E-state index contributed by atoms with van der Waals surface area (Å²) in [6.45, 7) is 2.12. The van der Waals surface area contributed by atoms with Crippen LogP contribution >= 0.6 is 0 Å². The highest BCUT2D eigenvalue weighted by Crippen LogP contribution is 2.22. The minimum atomic E-state index is -2.93. The van der Waals surface area contributed by atoms with Gasteiger partial charge < -0.3 is 14.7 Å². The van der Waals surface area contributed by atoms with E-state index in [9.17, 15) is 18.0 Å². The first-order chi connectivity index (χ1) is 9.78. The van der Waals surface area contributed by atoms with Crippen molar-refractivity contribution in [1.82, 2.24) is 14.7 Å². The molecule has 0 aliphatic carbocycles. The molecule has 0 N–H and O–H groups in total. The standard InChI is InChI=1S/C13H23N3O4S/c1-14(2)13(18)16-6-4-15(5-7-16)12(17)9-11-3-8-21(19,20)10-11/h11H,3-10H2,1-2H3. The van der Waals surface area contributed by atoms with Crippen molar-refractivity contribution in [1.29, 1.82) is 0 Å². The summed E-state index contributed by atoms with van der Waals surface area (Å²) in [5, 5.41) is 0. The van der Waals surface area contributed by atoms with Crippen LogP contribution in [0.2, 0.25) is 0 Å². The number of amides is 3. The molecule has 21 heavy (non-hydrogen) atoms. The third kappa shape index (κ3) is 4.09. The molecule has 2 rings (SSSR count). The number of rotatable bonds is 2. The second-order valence-corrected chi connectivity index (χ2v) is 8.25. The smallest absolute Gasteiger partial charge is 0.319 e. The summed E-state index contributed by atoms with van der Waals surface area (Å²) in [5.74, 6) is 0.312. The van der Waals surface area contributed by atoms with E-state index in [1.165, 1.54) is 4.90 Å². The molecule has 0 aromatic heterocycles. The fourth-order valence-electron chi connectivity index (χ4n) is 2.84. The van der Waals surface area contributed by atoms with Crippen LogP contribution in [-0.4, -0.2) is 86.8 Å². The molecule has 0 spiro atoms. The minimum Gasteiger partial charge on any atom is -0.339 e. The maximum absolute atomic E-state index is 12.2. The molecule has 0 radical (unpaired) electrons. The largest absolute Gasteiger partial charge is 0.339 e. The van der Waals surface area contributed by atoms with Crippen molar-refractivity contribution in [2.45, 2.75) is 12.8 Å². The summed E-state index contributed by atoms with van der Waals surface area (Å²) in [4.78, 5) is 29.0. The summed E-state index contributed by atoms with van der Waals surface area (Å²) in [6, 6.07) is -0.0380. The lowest BCUT2D eigenvalue weighted by atomic mass is 10.0. The van der Waals surface area contributed by atoms with Gasteiger partial charge in [0.25, 0.3) is 0 Å². The maximum Gasteiger partial charge on any atom is 0.319 e. The van der Waals surface area contributed by atoms with Gasteiger partial charge in [-0.15, -0.1) is 0 Å². The summed E-state index contributed by atoms with van der Waals surface area (Å²) in [6.07, 6.45) is 0.897. The van der Waals surface area contributed by atoms with Gasteiger partial charge in [-0.05, 0) is 12.3 Å². The fourth-order valence-corrected chi connectivity index (χ4v) is 4.70. The summed E-state index contributed by atoms with van der Waals surface area (Å²) in [5.41, 5.74) is 0. The zero-order valence-corrected chi connectivity index (χ0v) is 13.4. The Balaban J connectivity index is 1.80. The maximum atomic E-state index is 12.2. The van der Waals surface area contributed by atoms with E-state index in [-0.39, 0.29) is 29.4 Å². The summed E-state index contributed by atoms with van der Waals surface area (Å²) >= 11 is 0. The molecule has 0 saturated carbocycles. The molecule has 0 aromatic rings. The Kier molecular flexibility index (Phi) is 4.75. The van der Waals surface area contributed by atoms with E-state index in [0.29, 0.717) is 39.0 Å². The number of nitrogens with zero attached hydrogens (tertiary/aromatic N) is 3. The molecule has 2 aliphatic rings. The van der Waals surface area contributed by atoms with Crippen LogP contribution in [0.4, 0.5) is 4.79 Å². The first-order valence-corrected chi connectivity index (χ1v) is 9.05. The number of hydrogen-bond acceptors (Lipinski definition) is 4. The Morgan fingerprint density at radius 1 is 1.10 bits per heavy atom. The third-order valence-electron chi connectivity index (χ3n) is 4.08. The van der Waals surface area contributed by atoms with E-state index >= 15 is 0 Å². The molecule has 1 atom stereocenters. The van der Waals surface area contributed by atoms with Crippen LogP contribution in [0.1, 0.15) is 12.8 Å². The predicted molar refractivity (Wildman–Crippen MR) is 78.6 cm³/mol. The monoisotopic (exact) mass is 317 g/mol. The van der Waals surface area contributed by atoms with Gasteiger partial charge in [-0.2, -0.15) is 0 Å². The molecular formula is C13H23N3O4S. The first-order valence-electron chi connectivity index (χ1n) is 7.23. The van der Waals surface area contributed by atoms with Crippen molar-refractivity contribution in [3.05, 3.63) is 0 Å². The van der Waals surface area contributed by atoms with Crippen LogP contribution in [0.3, 0.4) is 0 Å². The minimum absolute atomic E-state index is 0.00838. The van der Waals surface area contributed by atoms with Crippen LogP contribution in [0.25, 0.3) is 0 Å². The Labute approximate surface area is 125 Å². The van der Waals surface area contributed by atoms with E-state index in [1.807, 2.05) is 0 Å². The van der Waals surface area contributed by atoms with Gasteiger partial charge in [-0.1, -0.05) is 0 Å². The van der Waals surface area contributed by atoms with Crippen LogP contribution < -0.4 is 0 Å². The van der Waals surface area contributed by atoms with Crippen LogP contribution in [0.15, 0.2) is 0 Å². The molecule has 1 unspecified atom stereocenters. The van der Waals surface area contributed by atoms with Gasteiger partial charge in [-0.3, -0.25) is 4.79 Å². The average molecular weight is 317 g/mol. The molecule has 7 nitrogen and oxygen atoms in total. The average Bonchev–Trinajstić information content (AvgIpc) is 2.77. The van der Waals surface area contributed by atoms with Gasteiger partial charge >= 0.3 is 6.03 Å². The van der Waals surface area contributed by atoms with Gasteiger partial charge in [-0.25, -0.2) is 13.2 Å². The zero-order chi connectivity index (χ0) is 15.6. The first kappa shape index (κ1) is 16.1. The highest BCUT2D eigenvalue weighted by atomic mass is 32.2. The predicted octanol–water partition coefficient (Wildman–Crippen LogP) is -0.363. The van der Waals surface area contributed by atoms with Gasteiger partial charge in [0.15, 0.2) is 9.84 Å². The molecular weight excluding hydrogens is 294 g/mol. The Morgan fingerprint density at radius 2 is 1.67 bits per heavy atom. The van der Waals surface area contributed by atoms with Gasteiger partial charge in [0, 0.05) is 46.7 Å². The Morgan fingerprint density at radius 3 is 2.14 bits per heavy atom. The van der Waals surface area contributed by atoms with Crippen molar-refractivity contribution in [3.63, 3.8) is 0 Å². The topological polar surface area (TPSA) is 78.0 Å². The van der Waals surface area contributed by atoms with Gasteiger partial charge in [0.05, 0.1) is 11.5 Å². The van der Waals surface area contributed by atoms with Crippen molar-refractivity contribution in [3.8, 4) is 0 Å². The van der Waals surface area contributed by atoms with Crippen molar-refractivity contribution >= 4 is 21.8 Å². The molecule has 8 heteroatoms. The third-order valence-corrected chi connectivity index (χ3v) is 5.91. The number of piperazine rings is 1. The number of hydrogen-bond donors (Lipinski definition) is 0. The van der Waals surface area contributed by atoms with Crippen molar-refractivity contribution in [2.24, 2.45) is 5.92 Å².